The molecule has 0 atom stereocenters. The molecule has 1 heterocycles. The van der Waals surface area contributed by atoms with Crippen molar-refractivity contribution in [3.63, 3.8) is 0 Å². The van der Waals surface area contributed by atoms with Crippen molar-refractivity contribution >= 4 is 22.7 Å². The summed E-state index contributed by atoms with van der Waals surface area (Å²) < 4.78 is 10.8. The number of hydrogen-bond acceptors (Lipinski definition) is 6. The van der Waals surface area contributed by atoms with Crippen molar-refractivity contribution < 1.29 is 19.2 Å². The minimum absolute atomic E-state index is 0.0113. The number of nitro groups is 1. The van der Waals surface area contributed by atoms with Crippen LogP contribution in [-0.4, -0.2) is 34.8 Å². The second-order valence-corrected chi connectivity index (χ2v) is 6.50. The van der Waals surface area contributed by atoms with E-state index in [4.69, 9.17) is 9.47 Å². The van der Waals surface area contributed by atoms with Crippen molar-refractivity contribution in [2.75, 3.05) is 13.2 Å². The van der Waals surface area contributed by atoms with E-state index in [0.717, 1.165) is 0 Å². The summed E-state index contributed by atoms with van der Waals surface area (Å²) in [6.07, 6.45) is 1.05. The van der Waals surface area contributed by atoms with Gasteiger partial charge in [0.1, 0.15) is 18.0 Å². The number of rotatable bonds is 5. The van der Waals surface area contributed by atoms with E-state index < -0.39 is 16.6 Å². The molecule has 0 saturated heterocycles. The lowest BCUT2D eigenvalue weighted by atomic mass is 10.1. The number of nitro benzene ring substituents is 1. The summed E-state index contributed by atoms with van der Waals surface area (Å²) >= 11 is 0. The molecular weight excluding hydrogens is 326 g/mol. The van der Waals surface area contributed by atoms with Crippen molar-refractivity contribution in [3.8, 4) is 5.75 Å². The van der Waals surface area contributed by atoms with Crippen molar-refractivity contribution in [1.82, 2.24) is 10.3 Å². The number of nitrogens with zero attached hydrogens (tertiary/aromatic N) is 2. The Hall–Kier alpha value is -2.90. The SMILES string of the molecule is Cc1cc2nccc(OCCNC(=O)OC(C)(C)C)c2cc1[N+](=O)[O-]. The predicted octanol–water partition coefficient (Wildman–Crippen LogP) is 3.35. The smallest absolute Gasteiger partial charge is 0.407 e. The highest BCUT2D eigenvalue weighted by Crippen LogP contribution is 2.30. The van der Waals surface area contributed by atoms with Gasteiger partial charge in [0.05, 0.1) is 17.0 Å². The summed E-state index contributed by atoms with van der Waals surface area (Å²) in [5, 5.41) is 14.2. The second kappa shape index (κ2) is 7.33. The monoisotopic (exact) mass is 347 g/mol. The summed E-state index contributed by atoms with van der Waals surface area (Å²) in [5.74, 6) is 0.471. The zero-order valence-corrected chi connectivity index (χ0v) is 14.7. The summed E-state index contributed by atoms with van der Waals surface area (Å²) in [5.41, 5.74) is 0.593. The van der Waals surface area contributed by atoms with Crippen LogP contribution in [0.3, 0.4) is 0 Å². The fourth-order valence-electron chi connectivity index (χ4n) is 2.21. The van der Waals surface area contributed by atoms with E-state index in [1.807, 2.05) is 0 Å². The molecule has 1 aromatic heterocycles. The second-order valence-electron chi connectivity index (χ2n) is 6.50. The maximum absolute atomic E-state index is 11.6. The maximum Gasteiger partial charge on any atom is 0.407 e. The van der Waals surface area contributed by atoms with Gasteiger partial charge in [-0.1, -0.05) is 0 Å². The zero-order valence-electron chi connectivity index (χ0n) is 14.7. The number of hydrogen-bond donors (Lipinski definition) is 1. The van der Waals surface area contributed by atoms with Gasteiger partial charge in [-0.25, -0.2) is 4.79 Å². The largest absolute Gasteiger partial charge is 0.491 e. The molecule has 8 heteroatoms. The Balaban J connectivity index is 2.05. The van der Waals surface area contributed by atoms with Gasteiger partial charge in [-0.3, -0.25) is 15.1 Å². The van der Waals surface area contributed by atoms with Crippen molar-refractivity contribution in [1.29, 1.82) is 0 Å². The third kappa shape index (κ3) is 5.03. The van der Waals surface area contributed by atoms with E-state index >= 15 is 0 Å². The molecule has 25 heavy (non-hydrogen) atoms. The van der Waals surface area contributed by atoms with Gasteiger partial charge in [-0.2, -0.15) is 0 Å². The van der Waals surface area contributed by atoms with Crippen molar-refractivity contribution in [2.24, 2.45) is 0 Å². The maximum atomic E-state index is 11.6. The minimum Gasteiger partial charge on any atom is -0.491 e. The first-order valence-corrected chi connectivity index (χ1v) is 7.81. The number of ether oxygens (including phenoxy) is 2. The summed E-state index contributed by atoms with van der Waals surface area (Å²) in [6.45, 7) is 7.44. The zero-order chi connectivity index (χ0) is 18.6. The first kappa shape index (κ1) is 18.4. The first-order valence-electron chi connectivity index (χ1n) is 7.81. The summed E-state index contributed by atoms with van der Waals surface area (Å²) in [6, 6.07) is 4.74. The van der Waals surface area contributed by atoms with E-state index in [0.29, 0.717) is 22.2 Å². The van der Waals surface area contributed by atoms with E-state index in [1.54, 1.807) is 46.0 Å². The van der Waals surface area contributed by atoms with E-state index in [1.165, 1.54) is 6.07 Å². The number of amides is 1. The Morgan fingerprint density at radius 3 is 2.72 bits per heavy atom. The minimum atomic E-state index is -0.566. The standard InChI is InChI=1S/C17H21N3O5/c1-11-9-13-12(10-14(11)20(22)23)15(5-6-18-13)24-8-7-19-16(21)25-17(2,3)4/h5-6,9-10H,7-8H2,1-4H3,(H,19,21). The molecule has 1 amide bonds. The molecule has 0 radical (unpaired) electrons. The number of benzene rings is 1. The third-order valence-electron chi connectivity index (χ3n) is 3.24. The highest BCUT2D eigenvalue weighted by molar-refractivity contribution is 5.88. The number of pyridine rings is 1. The number of nitrogens with one attached hydrogen (secondary N) is 1. The van der Waals surface area contributed by atoms with Crippen LogP contribution in [0.1, 0.15) is 26.3 Å². The molecule has 0 aliphatic heterocycles. The Labute approximate surface area is 145 Å². The molecular formula is C17H21N3O5. The Morgan fingerprint density at radius 2 is 2.08 bits per heavy atom. The average Bonchev–Trinajstić information content (AvgIpc) is 2.48. The Kier molecular flexibility index (Phi) is 5.41. The highest BCUT2D eigenvalue weighted by atomic mass is 16.6. The Bertz CT molecular complexity index is 799. The first-order chi connectivity index (χ1) is 11.7. The molecule has 1 N–H and O–H groups in total. The highest BCUT2D eigenvalue weighted by Gasteiger charge is 2.16. The number of aryl methyl sites for hydroxylation is 1. The topological polar surface area (TPSA) is 104 Å². The van der Waals surface area contributed by atoms with E-state index in [2.05, 4.69) is 10.3 Å². The molecule has 2 aromatic rings. The molecule has 8 nitrogen and oxygen atoms in total. The normalized spacial score (nSPS) is 11.2. The quantitative estimate of drug-likeness (QED) is 0.505. The fraction of sp³-hybridized carbons (Fsp3) is 0.412. The van der Waals surface area contributed by atoms with Crippen LogP contribution in [0, 0.1) is 17.0 Å². The van der Waals surface area contributed by atoms with Gasteiger partial charge < -0.3 is 14.8 Å². The van der Waals surface area contributed by atoms with Crippen LogP contribution in [0.25, 0.3) is 10.9 Å². The van der Waals surface area contributed by atoms with Crippen LogP contribution in [0.15, 0.2) is 24.4 Å². The van der Waals surface area contributed by atoms with Crippen molar-refractivity contribution in [3.05, 3.63) is 40.1 Å². The molecule has 1 aromatic carbocycles. The fourth-order valence-corrected chi connectivity index (χ4v) is 2.21. The number of carbonyl (C=O) groups excluding carboxylic acids is 1. The number of fused-ring (bicyclic) bond motifs is 1. The molecule has 134 valence electrons. The molecule has 0 fully saturated rings. The number of aromatic nitrogens is 1. The van der Waals surface area contributed by atoms with Gasteiger partial charge in [0.25, 0.3) is 5.69 Å². The average molecular weight is 347 g/mol. The van der Waals surface area contributed by atoms with Gasteiger partial charge in [0.2, 0.25) is 0 Å². The molecule has 0 aliphatic rings. The molecule has 0 aliphatic carbocycles. The molecule has 0 saturated carbocycles. The molecule has 0 spiro atoms. The van der Waals surface area contributed by atoms with Crippen LogP contribution < -0.4 is 10.1 Å². The van der Waals surface area contributed by atoms with Gasteiger partial charge in [-0.05, 0) is 39.8 Å². The van der Waals surface area contributed by atoms with Crippen LogP contribution in [-0.2, 0) is 4.74 Å². The van der Waals surface area contributed by atoms with Crippen LogP contribution in [0.2, 0.25) is 0 Å². The number of alkyl carbamates (subject to hydrolysis) is 1. The molecule has 0 bridgehead atoms. The van der Waals surface area contributed by atoms with Gasteiger partial charge in [0, 0.05) is 23.2 Å². The van der Waals surface area contributed by atoms with Crippen molar-refractivity contribution in [2.45, 2.75) is 33.3 Å². The molecule has 0 unspecified atom stereocenters. The van der Waals surface area contributed by atoms with Gasteiger partial charge >= 0.3 is 6.09 Å². The summed E-state index contributed by atoms with van der Waals surface area (Å²) in [7, 11) is 0. The third-order valence-corrected chi connectivity index (χ3v) is 3.24. The predicted molar refractivity (Wildman–Crippen MR) is 92.9 cm³/mol. The lowest BCUT2D eigenvalue weighted by Crippen LogP contribution is -2.34. The summed E-state index contributed by atoms with van der Waals surface area (Å²) in [4.78, 5) is 26.4. The van der Waals surface area contributed by atoms with E-state index in [-0.39, 0.29) is 18.8 Å². The van der Waals surface area contributed by atoms with Crippen LogP contribution >= 0.6 is 0 Å². The Morgan fingerprint density at radius 1 is 1.36 bits per heavy atom. The molecule has 2 rings (SSSR count). The van der Waals surface area contributed by atoms with E-state index in [9.17, 15) is 14.9 Å². The lowest BCUT2D eigenvalue weighted by Gasteiger charge is -2.19. The van der Waals surface area contributed by atoms with Gasteiger partial charge in [0.15, 0.2) is 0 Å². The number of carbonyl (C=O) groups is 1. The lowest BCUT2D eigenvalue weighted by molar-refractivity contribution is -0.385. The van der Waals surface area contributed by atoms with Crippen LogP contribution in [0.5, 0.6) is 5.75 Å². The van der Waals surface area contributed by atoms with Gasteiger partial charge in [-0.15, -0.1) is 0 Å². The van der Waals surface area contributed by atoms with Crippen LogP contribution in [0.4, 0.5) is 10.5 Å².